The topological polar surface area (TPSA) is 79.9 Å². The van der Waals surface area contributed by atoms with Crippen LogP contribution in [0.4, 0.5) is 9.59 Å². The van der Waals surface area contributed by atoms with Gasteiger partial charge in [0.1, 0.15) is 12.4 Å². The molecule has 1 aromatic rings. The molecule has 3 amide bonds. The number of carbonyl (C=O) groups excluding carboxylic acids is 2. The molecule has 1 fully saturated rings. The van der Waals surface area contributed by atoms with E-state index in [4.69, 9.17) is 9.47 Å². The molecule has 0 atom stereocenters. The fourth-order valence-electron chi connectivity index (χ4n) is 3.79. The van der Waals surface area contributed by atoms with Crippen LogP contribution in [0.5, 0.6) is 5.75 Å². The molecule has 7 nitrogen and oxygen atoms in total. The van der Waals surface area contributed by atoms with Crippen molar-refractivity contribution >= 4 is 12.1 Å². The van der Waals surface area contributed by atoms with E-state index in [0.29, 0.717) is 32.8 Å². The Balaban J connectivity index is 1.30. The lowest BCUT2D eigenvalue weighted by Crippen LogP contribution is -2.49. The molecule has 1 aromatic carbocycles. The minimum atomic E-state index is -0.273. The normalized spacial score (nSPS) is 16.8. The molecule has 7 heteroatoms. The van der Waals surface area contributed by atoms with Gasteiger partial charge in [-0.05, 0) is 68.7 Å². The standard InChI is InChI=1S/C21H31N3O4/c1-2-27-21(26)24-12-9-18(10-13-24)23-20(25)22-11-14-28-19-8-7-16-5-3-4-6-17(16)15-19/h7-8,15,18H,2-6,9-14H2,1H3,(H2,22,23,25). The van der Waals surface area contributed by atoms with Crippen molar-refractivity contribution in [2.75, 3.05) is 32.8 Å². The summed E-state index contributed by atoms with van der Waals surface area (Å²) in [4.78, 5) is 25.4. The van der Waals surface area contributed by atoms with Crippen LogP contribution in [0.2, 0.25) is 0 Å². The van der Waals surface area contributed by atoms with Crippen molar-refractivity contribution in [2.24, 2.45) is 0 Å². The third-order valence-electron chi connectivity index (χ3n) is 5.33. The summed E-state index contributed by atoms with van der Waals surface area (Å²) in [7, 11) is 0. The monoisotopic (exact) mass is 389 g/mol. The van der Waals surface area contributed by atoms with Gasteiger partial charge in [0.15, 0.2) is 0 Å². The zero-order valence-electron chi connectivity index (χ0n) is 16.7. The summed E-state index contributed by atoms with van der Waals surface area (Å²) in [6.45, 7) is 4.27. The maximum Gasteiger partial charge on any atom is 0.409 e. The van der Waals surface area contributed by atoms with Crippen LogP contribution in [0.3, 0.4) is 0 Å². The van der Waals surface area contributed by atoms with Gasteiger partial charge < -0.3 is 25.0 Å². The van der Waals surface area contributed by atoms with Gasteiger partial charge in [-0.1, -0.05) is 6.07 Å². The van der Waals surface area contributed by atoms with Crippen LogP contribution in [0.25, 0.3) is 0 Å². The number of nitrogens with zero attached hydrogens (tertiary/aromatic N) is 1. The summed E-state index contributed by atoms with van der Waals surface area (Å²) >= 11 is 0. The van der Waals surface area contributed by atoms with Gasteiger partial charge in [-0.3, -0.25) is 0 Å². The molecule has 0 aromatic heterocycles. The number of carbonyl (C=O) groups is 2. The first kappa shape index (κ1) is 20.3. The Hall–Kier alpha value is -2.44. The van der Waals surface area contributed by atoms with Crippen LogP contribution >= 0.6 is 0 Å². The second-order valence-corrected chi connectivity index (χ2v) is 7.35. The lowest BCUT2D eigenvalue weighted by atomic mass is 9.92. The highest BCUT2D eigenvalue weighted by Crippen LogP contribution is 2.25. The predicted molar refractivity (Wildman–Crippen MR) is 107 cm³/mol. The number of aryl methyl sites for hydroxylation is 2. The summed E-state index contributed by atoms with van der Waals surface area (Å²) < 4.78 is 10.8. The zero-order valence-corrected chi connectivity index (χ0v) is 16.7. The van der Waals surface area contributed by atoms with Crippen LogP contribution in [-0.4, -0.2) is 55.9 Å². The first-order chi connectivity index (χ1) is 13.7. The molecule has 0 bridgehead atoms. The predicted octanol–water partition coefficient (Wildman–Crippen LogP) is 2.86. The fourth-order valence-corrected chi connectivity index (χ4v) is 3.79. The summed E-state index contributed by atoms with van der Waals surface area (Å²) in [5, 5.41) is 5.80. The minimum absolute atomic E-state index is 0.0761. The van der Waals surface area contributed by atoms with Gasteiger partial charge in [-0.2, -0.15) is 0 Å². The van der Waals surface area contributed by atoms with Gasteiger partial charge >= 0.3 is 12.1 Å². The van der Waals surface area contributed by atoms with E-state index in [9.17, 15) is 9.59 Å². The average Bonchev–Trinajstić information content (AvgIpc) is 2.72. The van der Waals surface area contributed by atoms with Crippen molar-refractivity contribution in [1.82, 2.24) is 15.5 Å². The third-order valence-corrected chi connectivity index (χ3v) is 5.33. The molecule has 1 aliphatic carbocycles. The van der Waals surface area contributed by atoms with Gasteiger partial charge in [0.2, 0.25) is 0 Å². The van der Waals surface area contributed by atoms with Crippen molar-refractivity contribution in [3.05, 3.63) is 29.3 Å². The van der Waals surface area contributed by atoms with E-state index in [0.717, 1.165) is 31.4 Å². The molecular weight excluding hydrogens is 358 g/mol. The Bertz CT molecular complexity index is 672. The highest BCUT2D eigenvalue weighted by molar-refractivity contribution is 5.74. The van der Waals surface area contributed by atoms with Crippen LogP contribution < -0.4 is 15.4 Å². The second kappa shape index (κ2) is 10.2. The number of piperidine rings is 1. The van der Waals surface area contributed by atoms with Crippen LogP contribution in [0.15, 0.2) is 18.2 Å². The van der Waals surface area contributed by atoms with Crippen molar-refractivity contribution in [3.8, 4) is 5.75 Å². The molecule has 0 unspecified atom stereocenters. The Morgan fingerprint density at radius 1 is 1.14 bits per heavy atom. The molecule has 1 saturated heterocycles. The molecule has 154 valence electrons. The van der Waals surface area contributed by atoms with Crippen molar-refractivity contribution in [2.45, 2.75) is 51.5 Å². The molecule has 28 heavy (non-hydrogen) atoms. The van der Waals surface area contributed by atoms with E-state index in [1.807, 2.05) is 6.07 Å². The van der Waals surface area contributed by atoms with Gasteiger partial charge in [0.25, 0.3) is 0 Å². The van der Waals surface area contributed by atoms with Crippen molar-refractivity contribution in [1.29, 1.82) is 0 Å². The molecule has 0 saturated carbocycles. The first-order valence-electron chi connectivity index (χ1n) is 10.4. The molecule has 1 aliphatic heterocycles. The molecule has 0 radical (unpaired) electrons. The van der Waals surface area contributed by atoms with E-state index in [1.165, 1.54) is 24.0 Å². The molecule has 0 spiro atoms. The van der Waals surface area contributed by atoms with Crippen LogP contribution in [-0.2, 0) is 17.6 Å². The fraction of sp³-hybridized carbons (Fsp3) is 0.619. The van der Waals surface area contributed by atoms with Crippen molar-refractivity contribution in [3.63, 3.8) is 0 Å². The number of fused-ring (bicyclic) bond motifs is 1. The Kier molecular flexibility index (Phi) is 7.39. The number of hydrogen-bond acceptors (Lipinski definition) is 4. The summed E-state index contributed by atoms with van der Waals surface area (Å²) in [6, 6.07) is 6.19. The first-order valence-corrected chi connectivity index (χ1v) is 10.4. The number of hydrogen-bond donors (Lipinski definition) is 2. The van der Waals surface area contributed by atoms with E-state index in [-0.39, 0.29) is 18.2 Å². The largest absolute Gasteiger partial charge is 0.492 e. The molecule has 2 aliphatic rings. The quantitative estimate of drug-likeness (QED) is 0.733. The van der Waals surface area contributed by atoms with Crippen molar-refractivity contribution < 1.29 is 19.1 Å². The van der Waals surface area contributed by atoms with Gasteiger partial charge in [0.05, 0.1) is 13.2 Å². The number of ether oxygens (including phenoxy) is 2. The minimum Gasteiger partial charge on any atom is -0.492 e. The third kappa shape index (κ3) is 5.78. The zero-order chi connectivity index (χ0) is 19.8. The Labute approximate surface area is 166 Å². The Morgan fingerprint density at radius 3 is 2.64 bits per heavy atom. The maximum atomic E-state index is 12.0. The van der Waals surface area contributed by atoms with Gasteiger partial charge in [-0.25, -0.2) is 9.59 Å². The summed E-state index contributed by atoms with van der Waals surface area (Å²) in [5.41, 5.74) is 2.83. The molecule has 3 rings (SSSR count). The van der Waals surface area contributed by atoms with Gasteiger partial charge in [-0.15, -0.1) is 0 Å². The Morgan fingerprint density at radius 2 is 1.89 bits per heavy atom. The molecule has 2 N–H and O–H groups in total. The molecule has 1 heterocycles. The van der Waals surface area contributed by atoms with E-state index < -0.39 is 0 Å². The smallest absolute Gasteiger partial charge is 0.409 e. The lowest BCUT2D eigenvalue weighted by Gasteiger charge is -2.31. The summed E-state index contributed by atoms with van der Waals surface area (Å²) in [5.74, 6) is 0.870. The SMILES string of the molecule is CCOC(=O)N1CCC(NC(=O)NCCOc2ccc3c(c2)CCCC3)CC1. The second-order valence-electron chi connectivity index (χ2n) is 7.35. The number of nitrogens with one attached hydrogen (secondary N) is 2. The number of likely N-dealkylation sites (tertiary alicyclic amines) is 1. The number of benzene rings is 1. The number of rotatable bonds is 6. The van der Waals surface area contributed by atoms with E-state index in [2.05, 4.69) is 22.8 Å². The highest BCUT2D eigenvalue weighted by atomic mass is 16.6. The highest BCUT2D eigenvalue weighted by Gasteiger charge is 2.24. The lowest BCUT2D eigenvalue weighted by molar-refractivity contribution is 0.0957. The van der Waals surface area contributed by atoms with E-state index >= 15 is 0 Å². The van der Waals surface area contributed by atoms with Gasteiger partial charge in [0, 0.05) is 19.1 Å². The van der Waals surface area contributed by atoms with E-state index in [1.54, 1.807) is 11.8 Å². The van der Waals surface area contributed by atoms with Crippen LogP contribution in [0, 0.1) is 0 Å². The average molecular weight is 389 g/mol. The number of amides is 3. The molecular formula is C21H31N3O4. The summed E-state index contributed by atoms with van der Waals surface area (Å²) in [6.07, 6.45) is 6.00. The van der Waals surface area contributed by atoms with Crippen LogP contribution in [0.1, 0.15) is 43.7 Å². The maximum absolute atomic E-state index is 12.0. The number of urea groups is 1.